The first-order valence-electron chi connectivity index (χ1n) is 10.8. The van der Waals surface area contributed by atoms with Gasteiger partial charge in [0.25, 0.3) is 0 Å². The van der Waals surface area contributed by atoms with Gasteiger partial charge in [0.2, 0.25) is 17.8 Å². The predicted octanol–water partition coefficient (Wildman–Crippen LogP) is 0.977. The molecule has 0 saturated carbocycles. The Kier molecular flexibility index (Phi) is 13.2. The number of rotatable bonds is 18. The number of hydrogen-bond acceptors (Lipinski definition) is 12. The lowest BCUT2D eigenvalue weighted by molar-refractivity contribution is -0.383. The van der Waals surface area contributed by atoms with Crippen LogP contribution in [-0.2, 0) is 14.2 Å². The number of aliphatic hydroxyl groups is 3. The summed E-state index contributed by atoms with van der Waals surface area (Å²) in [5.74, 6) is -0.327. The molecular formula is C19H38N6O6. The third kappa shape index (κ3) is 8.31. The van der Waals surface area contributed by atoms with Crippen LogP contribution in [0.1, 0.15) is 59.3 Å². The van der Waals surface area contributed by atoms with Crippen LogP contribution >= 0.6 is 0 Å². The largest absolute Gasteiger partial charge is 0.381 e. The molecule has 0 unspecified atom stereocenters. The van der Waals surface area contributed by atoms with Crippen molar-refractivity contribution in [2.24, 2.45) is 0 Å². The molecule has 0 aliphatic rings. The van der Waals surface area contributed by atoms with Crippen molar-refractivity contribution in [1.82, 2.24) is 15.0 Å². The minimum absolute atomic E-state index is 0.0736. The van der Waals surface area contributed by atoms with Gasteiger partial charge in [0.15, 0.2) is 0 Å². The van der Waals surface area contributed by atoms with E-state index < -0.39 is 26.3 Å². The Labute approximate surface area is 184 Å². The molecule has 0 spiro atoms. The monoisotopic (exact) mass is 446 g/mol. The van der Waals surface area contributed by atoms with Crippen molar-refractivity contribution < 1.29 is 29.5 Å². The lowest BCUT2D eigenvalue weighted by Gasteiger charge is -2.40. The maximum absolute atomic E-state index is 10.3. The minimum Gasteiger partial charge on any atom is -0.376 e. The highest BCUT2D eigenvalue weighted by Crippen LogP contribution is 2.28. The number of nitrogens with zero attached hydrogens (tertiary/aromatic N) is 5. The van der Waals surface area contributed by atoms with Gasteiger partial charge in [0.05, 0.1) is 19.8 Å². The van der Waals surface area contributed by atoms with Gasteiger partial charge in [-0.1, -0.05) is 40.0 Å². The summed E-state index contributed by atoms with van der Waals surface area (Å²) in [6.45, 7) is 5.35. The smallest absolute Gasteiger partial charge is 0.376 e. The van der Waals surface area contributed by atoms with Crippen molar-refractivity contribution in [3.8, 4) is 0 Å². The number of ether oxygens (including phenoxy) is 3. The number of nitrogens with two attached hydrogens (primary N) is 1. The molecule has 0 bridgehead atoms. The van der Waals surface area contributed by atoms with Crippen LogP contribution in [-0.4, -0.2) is 76.4 Å². The van der Waals surface area contributed by atoms with Crippen LogP contribution in [0.3, 0.4) is 0 Å². The first kappa shape index (κ1) is 27.2. The second-order valence-electron chi connectivity index (χ2n) is 6.82. The third-order valence-corrected chi connectivity index (χ3v) is 4.31. The number of anilines is 3. The zero-order valence-corrected chi connectivity index (χ0v) is 18.9. The third-order valence-electron chi connectivity index (χ3n) is 4.31. The maximum atomic E-state index is 10.3. The van der Waals surface area contributed by atoms with Crippen LogP contribution < -0.4 is 15.5 Å². The number of aliphatic hydroxyl groups excluding tert-OH is 3. The molecule has 12 nitrogen and oxygen atoms in total. The molecule has 180 valence electrons. The molecule has 1 rings (SSSR count). The first-order chi connectivity index (χ1) is 15.0. The Morgan fingerprint density at radius 2 is 1.19 bits per heavy atom. The Morgan fingerprint density at radius 1 is 0.742 bits per heavy atom. The van der Waals surface area contributed by atoms with Crippen LogP contribution in [0, 0.1) is 0 Å². The van der Waals surface area contributed by atoms with Gasteiger partial charge in [0.1, 0.15) is 20.2 Å². The molecule has 1 aromatic heterocycles. The molecule has 31 heavy (non-hydrogen) atoms. The van der Waals surface area contributed by atoms with Crippen LogP contribution in [0.5, 0.6) is 0 Å². The van der Waals surface area contributed by atoms with Crippen LogP contribution in [0.15, 0.2) is 0 Å². The van der Waals surface area contributed by atoms with Gasteiger partial charge < -0.3 is 35.3 Å². The number of unbranched alkanes of at least 4 members (excludes halogenated alkanes) is 3. The van der Waals surface area contributed by atoms with Gasteiger partial charge >= 0.3 is 6.10 Å². The summed E-state index contributed by atoms with van der Waals surface area (Å²) in [7, 11) is 0. The summed E-state index contributed by atoms with van der Waals surface area (Å²) in [5, 5.41) is 29.1. The first-order valence-corrected chi connectivity index (χ1v) is 10.8. The minimum atomic E-state index is -1.78. The lowest BCUT2D eigenvalue weighted by Crippen LogP contribution is -2.57. The Morgan fingerprint density at radius 3 is 1.58 bits per heavy atom. The van der Waals surface area contributed by atoms with Crippen molar-refractivity contribution >= 4 is 17.8 Å². The molecule has 5 N–H and O–H groups in total. The average molecular weight is 447 g/mol. The molecule has 0 radical (unpaired) electrons. The van der Waals surface area contributed by atoms with Crippen LogP contribution in [0.2, 0.25) is 0 Å². The Bertz CT molecular complexity index is 581. The van der Waals surface area contributed by atoms with Gasteiger partial charge in [-0.05, 0) is 19.3 Å². The maximum Gasteiger partial charge on any atom is 0.381 e. The van der Waals surface area contributed by atoms with Crippen molar-refractivity contribution in [1.29, 1.82) is 0 Å². The van der Waals surface area contributed by atoms with Gasteiger partial charge in [0, 0.05) is 0 Å². The summed E-state index contributed by atoms with van der Waals surface area (Å²) >= 11 is 0. The van der Waals surface area contributed by atoms with Crippen LogP contribution in [0.4, 0.5) is 17.8 Å². The summed E-state index contributed by atoms with van der Waals surface area (Å²) in [6, 6.07) is 0. The molecule has 1 aromatic rings. The van der Waals surface area contributed by atoms with Gasteiger partial charge in [-0.25, -0.2) is 4.90 Å². The van der Waals surface area contributed by atoms with Gasteiger partial charge in [-0.3, -0.25) is 4.90 Å². The number of nitrogen functional groups attached to an aromatic ring is 1. The lowest BCUT2D eigenvalue weighted by atomic mass is 10.3. The highest BCUT2D eigenvalue weighted by Gasteiger charge is 2.43. The van der Waals surface area contributed by atoms with Gasteiger partial charge in [-0.2, -0.15) is 15.0 Å². The van der Waals surface area contributed by atoms with Crippen molar-refractivity contribution in [2.75, 3.05) is 55.5 Å². The van der Waals surface area contributed by atoms with E-state index in [1.807, 2.05) is 20.8 Å². The predicted molar refractivity (Wildman–Crippen MR) is 116 cm³/mol. The molecule has 0 aliphatic carbocycles. The zero-order valence-electron chi connectivity index (χ0n) is 18.9. The van der Waals surface area contributed by atoms with Crippen molar-refractivity contribution in [3.05, 3.63) is 0 Å². The molecule has 12 heteroatoms. The van der Waals surface area contributed by atoms with E-state index in [1.54, 1.807) is 0 Å². The Balaban J connectivity index is 3.40. The second kappa shape index (κ2) is 15.1. The van der Waals surface area contributed by atoms with E-state index in [1.165, 1.54) is 4.90 Å². The van der Waals surface area contributed by atoms with Gasteiger partial charge in [-0.15, -0.1) is 0 Å². The topological polar surface area (TPSA) is 160 Å². The summed E-state index contributed by atoms with van der Waals surface area (Å²) in [5.41, 5.74) is 5.82. The van der Waals surface area contributed by atoms with E-state index in [-0.39, 0.29) is 17.8 Å². The van der Waals surface area contributed by atoms with Crippen molar-refractivity contribution in [3.63, 3.8) is 0 Å². The summed E-state index contributed by atoms with van der Waals surface area (Å²) < 4.78 is 18.1. The quantitative estimate of drug-likeness (QED) is 0.187. The van der Waals surface area contributed by atoms with E-state index in [2.05, 4.69) is 15.0 Å². The zero-order chi connectivity index (χ0) is 23.1. The molecule has 0 amide bonds. The normalized spacial score (nSPS) is 11.7. The standard InChI is InChI=1S/C19H38N6O6/c1-4-7-10-29-19(30-11-8-5-2,31-12-9-6-3)25(15-28)18-22-16(20)21-17(23-18)24(13-26)14-27/h26-28H,4-15H2,1-3H3,(H2,20,21,22,23). The van der Waals surface area contributed by atoms with Crippen LogP contribution in [0.25, 0.3) is 0 Å². The van der Waals surface area contributed by atoms with E-state index in [0.29, 0.717) is 19.8 Å². The highest BCUT2D eigenvalue weighted by atomic mass is 16.9. The Hall–Kier alpha value is -1.83. The summed E-state index contributed by atoms with van der Waals surface area (Å²) in [6.07, 6.45) is 3.16. The van der Waals surface area contributed by atoms with E-state index >= 15 is 0 Å². The molecule has 0 saturated heterocycles. The molecule has 0 atom stereocenters. The molecule has 0 aliphatic heterocycles. The molecular weight excluding hydrogens is 408 g/mol. The molecule has 1 heterocycles. The fourth-order valence-electron chi connectivity index (χ4n) is 2.47. The second-order valence-corrected chi connectivity index (χ2v) is 6.82. The fourth-order valence-corrected chi connectivity index (χ4v) is 2.47. The highest BCUT2D eigenvalue weighted by molar-refractivity contribution is 5.43. The number of aromatic nitrogens is 3. The SMILES string of the molecule is CCCCOC(OCCCC)(OCCCC)N(CO)c1nc(N)nc(N(CO)CO)n1. The molecule has 0 aromatic carbocycles. The fraction of sp³-hybridized carbons (Fsp3) is 0.842. The van der Waals surface area contributed by atoms with E-state index in [4.69, 9.17) is 19.9 Å². The van der Waals surface area contributed by atoms with Crippen molar-refractivity contribution in [2.45, 2.75) is 65.4 Å². The molecule has 0 fully saturated rings. The van der Waals surface area contributed by atoms with E-state index in [9.17, 15) is 15.3 Å². The summed E-state index contributed by atoms with van der Waals surface area (Å²) in [4.78, 5) is 14.5. The van der Waals surface area contributed by atoms with E-state index in [0.717, 1.165) is 43.4 Å². The average Bonchev–Trinajstić information content (AvgIpc) is 2.75. The number of hydrogen-bond donors (Lipinski definition) is 4.